The highest BCUT2D eigenvalue weighted by Crippen LogP contribution is 2.36. The first-order chi connectivity index (χ1) is 15.6. The third kappa shape index (κ3) is 4.47. The van der Waals surface area contributed by atoms with Crippen LogP contribution in [0.1, 0.15) is 61.1 Å². The molecule has 2 aromatic carbocycles. The zero-order valence-corrected chi connectivity index (χ0v) is 20.0. The van der Waals surface area contributed by atoms with Gasteiger partial charge in [0.1, 0.15) is 5.58 Å². The van der Waals surface area contributed by atoms with E-state index in [2.05, 4.69) is 18.7 Å². The van der Waals surface area contributed by atoms with Gasteiger partial charge in [0.15, 0.2) is 11.3 Å². The van der Waals surface area contributed by atoms with Crippen molar-refractivity contribution in [2.75, 3.05) is 29.9 Å². The molecule has 2 heterocycles. The SMILES string of the molecule is Cc1cc(C(C)N(C)c2ccccc2C(=O)O)c2oc(N3CCC(C)(C)CC3)cc(=O)c2c1. The Kier molecular flexibility index (Phi) is 5.95. The van der Waals surface area contributed by atoms with Gasteiger partial charge in [-0.05, 0) is 55.9 Å². The average molecular weight is 449 g/mol. The monoisotopic (exact) mass is 448 g/mol. The first-order valence-electron chi connectivity index (χ1n) is 11.5. The van der Waals surface area contributed by atoms with Gasteiger partial charge in [0, 0.05) is 31.8 Å². The Hall–Kier alpha value is -3.28. The second-order valence-corrected chi connectivity index (χ2v) is 9.94. The number of hydrogen-bond acceptors (Lipinski definition) is 5. The van der Waals surface area contributed by atoms with Crippen molar-refractivity contribution in [2.45, 2.75) is 46.6 Å². The predicted octanol–water partition coefficient (Wildman–Crippen LogP) is 5.62. The Balaban J connectivity index is 1.79. The van der Waals surface area contributed by atoms with E-state index in [1.807, 2.05) is 44.0 Å². The van der Waals surface area contributed by atoms with E-state index >= 15 is 0 Å². The molecule has 1 aromatic heterocycles. The van der Waals surface area contributed by atoms with Crippen LogP contribution < -0.4 is 15.2 Å². The summed E-state index contributed by atoms with van der Waals surface area (Å²) in [4.78, 5) is 29.0. The number of carboxylic acid groups (broad SMARTS) is 1. The van der Waals surface area contributed by atoms with Crippen molar-refractivity contribution in [3.63, 3.8) is 0 Å². The van der Waals surface area contributed by atoms with Crippen molar-refractivity contribution in [3.8, 4) is 0 Å². The topological polar surface area (TPSA) is 74.0 Å². The number of fused-ring (bicyclic) bond motifs is 1. The fraction of sp³-hybridized carbons (Fsp3) is 0.407. The van der Waals surface area contributed by atoms with Crippen LogP contribution in [-0.4, -0.2) is 31.2 Å². The van der Waals surface area contributed by atoms with E-state index in [9.17, 15) is 14.7 Å². The minimum Gasteiger partial charge on any atom is -0.478 e. The molecule has 174 valence electrons. The largest absolute Gasteiger partial charge is 0.478 e. The number of nitrogens with zero attached hydrogens (tertiary/aromatic N) is 2. The van der Waals surface area contributed by atoms with Crippen LogP contribution in [0.25, 0.3) is 11.0 Å². The highest BCUT2D eigenvalue weighted by molar-refractivity contribution is 5.94. The number of carboxylic acids is 1. The zero-order valence-electron chi connectivity index (χ0n) is 20.0. The fourth-order valence-electron chi connectivity index (χ4n) is 4.60. The summed E-state index contributed by atoms with van der Waals surface area (Å²) in [5, 5.41) is 10.2. The van der Waals surface area contributed by atoms with E-state index in [-0.39, 0.29) is 17.0 Å². The summed E-state index contributed by atoms with van der Waals surface area (Å²) in [5.74, 6) is -0.366. The number of rotatable bonds is 5. The summed E-state index contributed by atoms with van der Waals surface area (Å²) in [6.45, 7) is 10.2. The second kappa shape index (κ2) is 8.58. The summed E-state index contributed by atoms with van der Waals surface area (Å²) in [5.41, 5.74) is 3.49. The summed E-state index contributed by atoms with van der Waals surface area (Å²) < 4.78 is 6.40. The van der Waals surface area contributed by atoms with E-state index in [0.29, 0.717) is 28.0 Å². The molecule has 1 aliphatic rings. The fourth-order valence-corrected chi connectivity index (χ4v) is 4.60. The van der Waals surface area contributed by atoms with Crippen LogP contribution in [0, 0.1) is 12.3 Å². The minimum atomic E-state index is -0.972. The van der Waals surface area contributed by atoms with Gasteiger partial charge in [0.25, 0.3) is 0 Å². The van der Waals surface area contributed by atoms with Crippen molar-refractivity contribution < 1.29 is 14.3 Å². The molecule has 1 unspecified atom stereocenters. The van der Waals surface area contributed by atoms with Crippen LogP contribution in [0.3, 0.4) is 0 Å². The Morgan fingerprint density at radius 1 is 1.15 bits per heavy atom. The first kappa shape index (κ1) is 22.9. The molecule has 1 aliphatic heterocycles. The van der Waals surface area contributed by atoms with Gasteiger partial charge in [-0.1, -0.05) is 32.0 Å². The Morgan fingerprint density at radius 2 is 1.82 bits per heavy atom. The van der Waals surface area contributed by atoms with Gasteiger partial charge >= 0.3 is 5.97 Å². The lowest BCUT2D eigenvalue weighted by Crippen LogP contribution is -2.37. The number of para-hydroxylation sites is 1. The maximum absolute atomic E-state index is 13.1. The number of carbonyl (C=O) groups is 1. The molecule has 0 radical (unpaired) electrons. The molecule has 4 rings (SSSR count). The van der Waals surface area contributed by atoms with Gasteiger partial charge in [-0.25, -0.2) is 4.79 Å². The van der Waals surface area contributed by atoms with Crippen LogP contribution in [0.5, 0.6) is 0 Å². The van der Waals surface area contributed by atoms with E-state index in [4.69, 9.17) is 4.42 Å². The minimum absolute atomic E-state index is 0.0539. The second-order valence-electron chi connectivity index (χ2n) is 9.94. The van der Waals surface area contributed by atoms with Gasteiger partial charge in [0.2, 0.25) is 0 Å². The highest BCUT2D eigenvalue weighted by Gasteiger charge is 2.28. The highest BCUT2D eigenvalue weighted by atomic mass is 16.4. The molecule has 1 saturated heterocycles. The molecule has 33 heavy (non-hydrogen) atoms. The summed E-state index contributed by atoms with van der Waals surface area (Å²) >= 11 is 0. The average Bonchev–Trinajstić information content (AvgIpc) is 2.78. The zero-order chi connectivity index (χ0) is 23.9. The van der Waals surface area contributed by atoms with Crippen molar-refractivity contribution >= 4 is 28.5 Å². The molecule has 0 bridgehead atoms. The lowest BCUT2D eigenvalue weighted by Gasteiger charge is -2.37. The van der Waals surface area contributed by atoms with Gasteiger partial charge in [-0.3, -0.25) is 4.79 Å². The lowest BCUT2D eigenvalue weighted by atomic mass is 9.83. The van der Waals surface area contributed by atoms with E-state index in [1.54, 1.807) is 24.3 Å². The quantitative estimate of drug-likeness (QED) is 0.546. The molecule has 6 nitrogen and oxygen atoms in total. The summed E-state index contributed by atoms with van der Waals surface area (Å²) in [6, 6.07) is 12.2. The number of aryl methyl sites for hydroxylation is 1. The van der Waals surface area contributed by atoms with Crippen LogP contribution in [0.4, 0.5) is 11.6 Å². The first-order valence-corrected chi connectivity index (χ1v) is 11.5. The molecule has 0 aliphatic carbocycles. The standard InChI is InChI=1S/C27H32N2O4/c1-17-14-20(18(2)28(5)22-9-7-6-8-19(22)26(31)32)25-21(15-17)23(30)16-24(33-25)29-12-10-27(3,4)11-13-29/h6-9,14-16,18H,10-13H2,1-5H3,(H,31,32). The van der Waals surface area contributed by atoms with Crippen LogP contribution in [0.2, 0.25) is 0 Å². The molecule has 0 spiro atoms. The molecule has 0 amide bonds. The van der Waals surface area contributed by atoms with Crippen LogP contribution >= 0.6 is 0 Å². The number of hydrogen-bond donors (Lipinski definition) is 1. The number of piperidine rings is 1. The van der Waals surface area contributed by atoms with E-state index < -0.39 is 5.97 Å². The molecular weight excluding hydrogens is 416 g/mol. The summed E-state index contributed by atoms with van der Waals surface area (Å²) in [7, 11) is 1.87. The number of aromatic carboxylic acids is 1. The van der Waals surface area contributed by atoms with Gasteiger partial charge < -0.3 is 19.3 Å². The lowest BCUT2D eigenvalue weighted by molar-refractivity contribution is 0.0697. The smallest absolute Gasteiger partial charge is 0.337 e. The Labute approximate surface area is 194 Å². The maximum atomic E-state index is 13.1. The number of anilines is 2. The van der Waals surface area contributed by atoms with Crippen LogP contribution in [0.15, 0.2) is 51.7 Å². The molecule has 0 saturated carbocycles. The molecule has 1 atom stereocenters. The molecule has 3 aromatic rings. The van der Waals surface area contributed by atoms with Crippen molar-refractivity contribution in [1.29, 1.82) is 0 Å². The molecule has 6 heteroatoms. The summed E-state index contributed by atoms with van der Waals surface area (Å²) in [6.07, 6.45) is 2.08. The third-order valence-electron chi connectivity index (χ3n) is 6.96. The molecular formula is C27H32N2O4. The Bertz CT molecular complexity index is 1250. The van der Waals surface area contributed by atoms with Crippen molar-refractivity contribution in [3.05, 3.63) is 69.4 Å². The Morgan fingerprint density at radius 3 is 2.48 bits per heavy atom. The third-order valence-corrected chi connectivity index (χ3v) is 6.96. The predicted molar refractivity (Wildman–Crippen MR) is 133 cm³/mol. The molecule has 1 fully saturated rings. The van der Waals surface area contributed by atoms with Crippen molar-refractivity contribution in [2.24, 2.45) is 5.41 Å². The van der Waals surface area contributed by atoms with Crippen molar-refractivity contribution in [1.82, 2.24) is 0 Å². The normalized spacial score (nSPS) is 16.6. The van der Waals surface area contributed by atoms with E-state index in [1.165, 1.54) is 0 Å². The van der Waals surface area contributed by atoms with Crippen LogP contribution in [-0.2, 0) is 0 Å². The maximum Gasteiger partial charge on any atom is 0.337 e. The van der Waals surface area contributed by atoms with E-state index in [0.717, 1.165) is 37.1 Å². The van der Waals surface area contributed by atoms with Gasteiger partial charge in [0.05, 0.1) is 22.7 Å². The van der Waals surface area contributed by atoms with Gasteiger partial charge in [-0.2, -0.15) is 0 Å². The number of benzene rings is 2. The molecule has 1 N–H and O–H groups in total. The van der Waals surface area contributed by atoms with Gasteiger partial charge in [-0.15, -0.1) is 0 Å².